The highest BCUT2D eigenvalue weighted by molar-refractivity contribution is 5.78. The van der Waals surface area contributed by atoms with Gasteiger partial charge in [0, 0.05) is 17.3 Å². The molecule has 7 heteroatoms. The molecular weight excluding hydrogens is 330 g/mol. The van der Waals surface area contributed by atoms with Crippen LogP contribution in [-0.4, -0.2) is 24.6 Å². The van der Waals surface area contributed by atoms with Crippen LogP contribution in [0.1, 0.15) is 11.5 Å². The maximum atomic E-state index is 12.3. The van der Waals surface area contributed by atoms with Gasteiger partial charge in [-0.05, 0) is 29.7 Å². The number of benzene rings is 1. The Balaban J connectivity index is 1.51. The second kappa shape index (κ2) is 5.66. The molecule has 0 aliphatic carbocycles. The fourth-order valence-corrected chi connectivity index (χ4v) is 3.02. The lowest BCUT2D eigenvalue weighted by Crippen LogP contribution is -2.12. The molecule has 5 rings (SSSR count). The standard InChI is InChI=1S/C19H13N5O2/c25-18-13(9-12-5-1-2-6-14(12)21-18)10-16-22-23-19(26-16)17-15-7-3-4-8-24(15)11-20-17/h1-9,11H,10H2,(H,21,25). The highest BCUT2D eigenvalue weighted by Crippen LogP contribution is 2.22. The summed E-state index contributed by atoms with van der Waals surface area (Å²) in [6.07, 6.45) is 3.86. The van der Waals surface area contributed by atoms with Crippen LogP contribution in [0.25, 0.3) is 28.0 Å². The minimum Gasteiger partial charge on any atom is -0.419 e. The van der Waals surface area contributed by atoms with E-state index in [1.807, 2.05) is 59.1 Å². The van der Waals surface area contributed by atoms with Crippen LogP contribution in [-0.2, 0) is 6.42 Å². The van der Waals surface area contributed by atoms with Crippen molar-refractivity contribution in [2.75, 3.05) is 0 Å². The molecule has 0 spiro atoms. The van der Waals surface area contributed by atoms with Crippen LogP contribution in [0.5, 0.6) is 0 Å². The molecule has 0 aliphatic rings. The second-order valence-electron chi connectivity index (χ2n) is 5.98. The molecule has 0 fully saturated rings. The quantitative estimate of drug-likeness (QED) is 0.544. The number of nitrogens with one attached hydrogen (secondary N) is 1. The summed E-state index contributed by atoms with van der Waals surface area (Å²) >= 11 is 0. The lowest BCUT2D eigenvalue weighted by Gasteiger charge is -2.00. The summed E-state index contributed by atoms with van der Waals surface area (Å²) in [6.45, 7) is 0. The van der Waals surface area contributed by atoms with Crippen LogP contribution >= 0.6 is 0 Å². The Hall–Kier alpha value is -3.74. The zero-order valence-corrected chi connectivity index (χ0v) is 13.6. The largest absolute Gasteiger partial charge is 0.419 e. The van der Waals surface area contributed by atoms with Crippen LogP contribution in [0.3, 0.4) is 0 Å². The molecule has 0 saturated heterocycles. The maximum Gasteiger partial charge on any atom is 0.268 e. The summed E-state index contributed by atoms with van der Waals surface area (Å²) < 4.78 is 7.64. The number of rotatable bonds is 3. The van der Waals surface area contributed by atoms with Crippen LogP contribution in [0.2, 0.25) is 0 Å². The number of nitrogens with zero attached hydrogens (tertiary/aromatic N) is 4. The zero-order chi connectivity index (χ0) is 17.5. The number of H-pyrrole nitrogens is 1. The summed E-state index contributed by atoms with van der Waals surface area (Å²) in [7, 11) is 0. The summed E-state index contributed by atoms with van der Waals surface area (Å²) in [4.78, 5) is 19.5. The molecule has 26 heavy (non-hydrogen) atoms. The molecule has 4 aromatic heterocycles. The van der Waals surface area contributed by atoms with Crippen molar-refractivity contribution < 1.29 is 4.42 Å². The van der Waals surface area contributed by atoms with Gasteiger partial charge in [0.2, 0.25) is 5.89 Å². The molecule has 0 atom stereocenters. The van der Waals surface area contributed by atoms with E-state index in [2.05, 4.69) is 20.2 Å². The first-order chi connectivity index (χ1) is 12.8. The average Bonchev–Trinajstić information content (AvgIpc) is 3.29. The minimum atomic E-state index is -0.157. The fourth-order valence-electron chi connectivity index (χ4n) is 3.02. The van der Waals surface area contributed by atoms with Gasteiger partial charge in [-0.3, -0.25) is 4.79 Å². The smallest absolute Gasteiger partial charge is 0.268 e. The van der Waals surface area contributed by atoms with Crippen molar-refractivity contribution in [1.29, 1.82) is 0 Å². The Bertz CT molecular complexity index is 1300. The van der Waals surface area contributed by atoms with Gasteiger partial charge in [-0.15, -0.1) is 10.2 Å². The zero-order valence-electron chi connectivity index (χ0n) is 13.6. The SMILES string of the molecule is O=c1[nH]c2ccccc2cc1Cc1nnc(-c2ncn3ccccc23)o1. The highest BCUT2D eigenvalue weighted by Gasteiger charge is 2.15. The first-order valence-corrected chi connectivity index (χ1v) is 8.13. The van der Waals surface area contributed by atoms with Crippen LogP contribution in [0.15, 0.2) is 70.3 Å². The average molecular weight is 343 g/mol. The van der Waals surface area contributed by atoms with Crippen LogP contribution in [0.4, 0.5) is 0 Å². The number of hydrogen-bond acceptors (Lipinski definition) is 5. The summed E-state index contributed by atoms with van der Waals surface area (Å²) in [5, 5.41) is 9.13. The van der Waals surface area contributed by atoms with Crippen LogP contribution < -0.4 is 5.56 Å². The molecule has 5 aromatic rings. The van der Waals surface area contributed by atoms with Gasteiger partial charge in [0.15, 0.2) is 5.69 Å². The van der Waals surface area contributed by atoms with E-state index in [1.54, 1.807) is 6.33 Å². The van der Waals surface area contributed by atoms with Crippen molar-refractivity contribution >= 4 is 16.4 Å². The Morgan fingerprint density at radius 2 is 1.96 bits per heavy atom. The predicted octanol–water partition coefficient (Wildman–Crippen LogP) is 2.82. The van der Waals surface area contributed by atoms with E-state index in [0.717, 1.165) is 16.4 Å². The molecule has 0 amide bonds. The van der Waals surface area contributed by atoms with Crippen molar-refractivity contribution in [1.82, 2.24) is 24.6 Å². The number of aromatic nitrogens is 5. The summed E-state index contributed by atoms with van der Waals surface area (Å²) in [5.41, 5.74) is 2.73. The number of pyridine rings is 2. The third-order valence-electron chi connectivity index (χ3n) is 4.29. The predicted molar refractivity (Wildman–Crippen MR) is 95.9 cm³/mol. The second-order valence-corrected chi connectivity index (χ2v) is 5.98. The van der Waals surface area contributed by atoms with E-state index < -0.39 is 0 Å². The van der Waals surface area contributed by atoms with Gasteiger partial charge in [0.25, 0.3) is 11.4 Å². The Labute approximate surface area is 147 Å². The number of imidazole rings is 1. The molecule has 1 N–H and O–H groups in total. The van der Waals surface area contributed by atoms with Gasteiger partial charge < -0.3 is 13.8 Å². The first kappa shape index (κ1) is 14.6. The maximum absolute atomic E-state index is 12.3. The molecule has 0 aliphatic heterocycles. The van der Waals surface area contributed by atoms with Gasteiger partial charge in [0.1, 0.15) is 6.33 Å². The van der Waals surface area contributed by atoms with Gasteiger partial charge in [0.05, 0.1) is 11.9 Å². The van der Waals surface area contributed by atoms with E-state index in [-0.39, 0.29) is 12.0 Å². The van der Waals surface area contributed by atoms with Crippen molar-refractivity contribution in [2.45, 2.75) is 6.42 Å². The lowest BCUT2D eigenvalue weighted by atomic mass is 10.1. The number of fused-ring (bicyclic) bond motifs is 2. The Morgan fingerprint density at radius 3 is 2.92 bits per heavy atom. The third kappa shape index (κ3) is 2.37. The van der Waals surface area contributed by atoms with E-state index in [0.29, 0.717) is 23.0 Å². The number of hydrogen-bond donors (Lipinski definition) is 1. The van der Waals surface area contributed by atoms with Crippen molar-refractivity contribution in [3.05, 3.63) is 82.9 Å². The van der Waals surface area contributed by atoms with Gasteiger partial charge >= 0.3 is 0 Å². The molecule has 0 bridgehead atoms. The summed E-state index contributed by atoms with van der Waals surface area (Å²) in [5.74, 6) is 0.712. The number of aromatic amines is 1. The molecule has 126 valence electrons. The monoisotopic (exact) mass is 343 g/mol. The minimum absolute atomic E-state index is 0.157. The van der Waals surface area contributed by atoms with Gasteiger partial charge in [-0.25, -0.2) is 4.98 Å². The Kier molecular flexibility index (Phi) is 3.18. The molecule has 0 radical (unpaired) electrons. The van der Waals surface area contributed by atoms with Crippen molar-refractivity contribution in [2.24, 2.45) is 0 Å². The van der Waals surface area contributed by atoms with E-state index in [1.165, 1.54) is 0 Å². The number of para-hydroxylation sites is 1. The van der Waals surface area contributed by atoms with Crippen molar-refractivity contribution in [3.63, 3.8) is 0 Å². The summed E-state index contributed by atoms with van der Waals surface area (Å²) in [6, 6.07) is 15.3. The van der Waals surface area contributed by atoms with Crippen molar-refractivity contribution in [3.8, 4) is 11.6 Å². The van der Waals surface area contributed by atoms with E-state index in [9.17, 15) is 4.79 Å². The molecule has 0 saturated carbocycles. The molecule has 1 aromatic carbocycles. The molecule has 0 unspecified atom stereocenters. The fraction of sp³-hybridized carbons (Fsp3) is 0.0526. The van der Waals surface area contributed by atoms with E-state index >= 15 is 0 Å². The first-order valence-electron chi connectivity index (χ1n) is 8.13. The Morgan fingerprint density at radius 1 is 1.08 bits per heavy atom. The topological polar surface area (TPSA) is 89.1 Å². The molecule has 4 heterocycles. The van der Waals surface area contributed by atoms with Crippen LogP contribution in [0, 0.1) is 0 Å². The highest BCUT2D eigenvalue weighted by atomic mass is 16.4. The normalized spacial score (nSPS) is 11.4. The van der Waals surface area contributed by atoms with E-state index in [4.69, 9.17) is 4.42 Å². The lowest BCUT2D eigenvalue weighted by molar-refractivity contribution is 0.516. The third-order valence-corrected chi connectivity index (χ3v) is 4.29. The molecular formula is C19H13N5O2. The van der Waals surface area contributed by atoms with Gasteiger partial charge in [-0.1, -0.05) is 24.3 Å². The molecule has 7 nitrogen and oxygen atoms in total. The van der Waals surface area contributed by atoms with Gasteiger partial charge in [-0.2, -0.15) is 0 Å².